The number of hydrogen-bond acceptors (Lipinski definition) is 5. The third kappa shape index (κ3) is 6.87. The molecule has 0 saturated carbocycles. The van der Waals surface area contributed by atoms with Crippen LogP contribution in [-0.4, -0.2) is 82.3 Å². The highest BCUT2D eigenvalue weighted by molar-refractivity contribution is 5.93. The number of likely N-dealkylation sites (N-methyl/N-ethyl adjacent to an activating group) is 1. The van der Waals surface area contributed by atoms with E-state index in [2.05, 4.69) is 41.2 Å². The second-order valence-electron chi connectivity index (χ2n) is 7.25. The first kappa shape index (κ1) is 22.3. The van der Waals surface area contributed by atoms with Crippen molar-refractivity contribution in [2.45, 2.75) is 20.8 Å². The number of nitrogens with zero attached hydrogens (tertiary/aromatic N) is 3. The number of aliphatic imine (C=N–C) groups is 1. The van der Waals surface area contributed by atoms with E-state index in [0.717, 1.165) is 50.9 Å². The molecular weight excluding hydrogens is 354 g/mol. The Balaban J connectivity index is 1.91. The van der Waals surface area contributed by atoms with Crippen LogP contribution in [0.15, 0.2) is 23.2 Å². The van der Waals surface area contributed by atoms with Crippen molar-refractivity contribution < 1.29 is 9.47 Å². The van der Waals surface area contributed by atoms with E-state index in [4.69, 9.17) is 14.5 Å². The van der Waals surface area contributed by atoms with Crippen LogP contribution in [0.5, 0.6) is 11.5 Å². The molecule has 1 aromatic carbocycles. The van der Waals surface area contributed by atoms with Crippen molar-refractivity contribution >= 4 is 11.6 Å². The summed E-state index contributed by atoms with van der Waals surface area (Å²) in [5, 5.41) is 6.68. The van der Waals surface area contributed by atoms with E-state index < -0.39 is 0 Å². The molecule has 1 fully saturated rings. The van der Waals surface area contributed by atoms with Gasteiger partial charge in [-0.2, -0.15) is 0 Å². The Morgan fingerprint density at radius 2 is 1.75 bits per heavy atom. The molecule has 0 aromatic heterocycles. The Bertz CT molecular complexity index is 615. The number of hydrogen-bond donors (Lipinski definition) is 2. The van der Waals surface area contributed by atoms with Gasteiger partial charge in [-0.3, -0.25) is 4.99 Å². The molecule has 1 saturated heterocycles. The van der Waals surface area contributed by atoms with Crippen LogP contribution in [0.2, 0.25) is 0 Å². The molecule has 2 N–H and O–H groups in total. The Labute approximate surface area is 170 Å². The van der Waals surface area contributed by atoms with Crippen LogP contribution in [0.1, 0.15) is 20.8 Å². The summed E-state index contributed by atoms with van der Waals surface area (Å²) in [5.41, 5.74) is 0.917. The van der Waals surface area contributed by atoms with Gasteiger partial charge in [0.15, 0.2) is 17.5 Å². The molecule has 28 heavy (non-hydrogen) atoms. The predicted octanol–water partition coefficient (Wildman–Crippen LogP) is 2.35. The first-order valence-electron chi connectivity index (χ1n) is 10.3. The van der Waals surface area contributed by atoms with Gasteiger partial charge in [-0.05, 0) is 31.5 Å². The SMILES string of the molecule is CCNC(=NCC(C)CN1CCN(CC)CC1)Nc1ccc(OC)c(OC)c1. The van der Waals surface area contributed by atoms with Crippen LogP contribution in [0.25, 0.3) is 0 Å². The van der Waals surface area contributed by atoms with Crippen molar-refractivity contribution in [2.75, 3.05) is 71.9 Å². The monoisotopic (exact) mass is 391 g/mol. The fourth-order valence-electron chi connectivity index (χ4n) is 3.39. The second-order valence-corrected chi connectivity index (χ2v) is 7.25. The predicted molar refractivity (Wildman–Crippen MR) is 117 cm³/mol. The van der Waals surface area contributed by atoms with Crippen molar-refractivity contribution in [1.82, 2.24) is 15.1 Å². The molecule has 0 amide bonds. The second kappa shape index (κ2) is 11.8. The molecule has 1 atom stereocenters. The van der Waals surface area contributed by atoms with Gasteiger partial charge in [-0.25, -0.2) is 0 Å². The lowest BCUT2D eigenvalue weighted by Gasteiger charge is -2.35. The quantitative estimate of drug-likeness (QED) is 0.498. The van der Waals surface area contributed by atoms with Gasteiger partial charge in [0.05, 0.1) is 14.2 Å². The summed E-state index contributed by atoms with van der Waals surface area (Å²) in [4.78, 5) is 9.85. The molecule has 158 valence electrons. The third-order valence-electron chi connectivity index (χ3n) is 5.03. The maximum Gasteiger partial charge on any atom is 0.195 e. The number of rotatable bonds is 9. The van der Waals surface area contributed by atoms with Gasteiger partial charge >= 0.3 is 0 Å². The van der Waals surface area contributed by atoms with Gasteiger partial charge in [-0.1, -0.05) is 13.8 Å². The van der Waals surface area contributed by atoms with Crippen LogP contribution >= 0.6 is 0 Å². The summed E-state index contributed by atoms with van der Waals surface area (Å²) in [6.07, 6.45) is 0. The number of ether oxygens (including phenoxy) is 2. The first-order valence-corrected chi connectivity index (χ1v) is 10.3. The van der Waals surface area contributed by atoms with Crippen LogP contribution in [0.4, 0.5) is 5.69 Å². The zero-order valence-electron chi connectivity index (χ0n) is 18.1. The van der Waals surface area contributed by atoms with Gasteiger partial charge in [0.25, 0.3) is 0 Å². The van der Waals surface area contributed by atoms with E-state index in [1.165, 1.54) is 13.1 Å². The molecule has 1 aliphatic rings. The summed E-state index contributed by atoms with van der Waals surface area (Å²) < 4.78 is 10.7. The van der Waals surface area contributed by atoms with Crippen molar-refractivity contribution in [2.24, 2.45) is 10.9 Å². The number of benzene rings is 1. The molecule has 7 nitrogen and oxygen atoms in total. The zero-order valence-corrected chi connectivity index (χ0v) is 18.1. The molecule has 0 radical (unpaired) electrons. The molecule has 1 aromatic rings. The molecule has 0 aliphatic carbocycles. The summed E-state index contributed by atoms with van der Waals surface area (Å²) in [6.45, 7) is 15.1. The fraction of sp³-hybridized carbons (Fsp3) is 0.667. The van der Waals surface area contributed by atoms with Gasteiger partial charge in [0, 0.05) is 57.6 Å². The lowest BCUT2D eigenvalue weighted by Crippen LogP contribution is -2.47. The minimum Gasteiger partial charge on any atom is -0.493 e. The van der Waals surface area contributed by atoms with E-state index in [9.17, 15) is 0 Å². The number of guanidine groups is 1. The Morgan fingerprint density at radius 1 is 1.07 bits per heavy atom. The standard InChI is InChI=1S/C21H37N5O2/c1-6-22-21(24-18-8-9-19(27-4)20(14-18)28-5)23-15-17(3)16-26-12-10-25(7-2)11-13-26/h8-9,14,17H,6-7,10-13,15-16H2,1-5H3,(H2,22,23,24). The third-order valence-corrected chi connectivity index (χ3v) is 5.03. The van der Waals surface area contributed by atoms with Crippen LogP contribution in [-0.2, 0) is 0 Å². The van der Waals surface area contributed by atoms with Crippen molar-refractivity contribution in [3.63, 3.8) is 0 Å². The number of piperazine rings is 1. The van der Waals surface area contributed by atoms with E-state index in [1.807, 2.05) is 18.2 Å². The highest BCUT2D eigenvalue weighted by atomic mass is 16.5. The van der Waals surface area contributed by atoms with E-state index >= 15 is 0 Å². The first-order chi connectivity index (χ1) is 13.6. The largest absolute Gasteiger partial charge is 0.493 e. The van der Waals surface area contributed by atoms with Crippen molar-refractivity contribution in [3.8, 4) is 11.5 Å². The summed E-state index contributed by atoms with van der Waals surface area (Å²) in [5.74, 6) is 2.71. The number of nitrogens with one attached hydrogen (secondary N) is 2. The van der Waals surface area contributed by atoms with E-state index in [-0.39, 0.29) is 0 Å². The maximum atomic E-state index is 5.38. The van der Waals surface area contributed by atoms with Crippen molar-refractivity contribution in [3.05, 3.63) is 18.2 Å². The number of anilines is 1. The Morgan fingerprint density at radius 3 is 2.36 bits per heavy atom. The van der Waals surface area contributed by atoms with Crippen molar-refractivity contribution in [1.29, 1.82) is 0 Å². The highest BCUT2D eigenvalue weighted by Crippen LogP contribution is 2.29. The molecule has 1 heterocycles. The smallest absolute Gasteiger partial charge is 0.195 e. The molecule has 0 bridgehead atoms. The average molecular weight is 392 g/mol. The Hall–Kier alpha value is -1.99. The molecule has 7 heteroatoms. The zero-order chi connectivity index (χ0) is 20.4. The molecular formula is C21H37N5O2. The minimum absolute atomic E-state index is 0.508. The van der Waals surface area contributed by atoms with E-state index in [0.29, 0.717) is 17.4 Å². The topological polar surface area (TPSA) is 61.4 Å². The van der Waals surface area contributed by atoms with Gasteiger partial charge in [-0.15, -0.1) is 0 Å². The average Bonchev–Trinajstić information content (AvgIpc) is 2.72. The molecule has 2 rings (SSSR count). The van der Waals surface area contributed by atoms with Crippen LogP contribution in [0, 0.1) is 5.92 Å². The molecule has 1 unspecified atom stereocenters. The summed E-state index contributed by atoms with van der Waals surface area (Å²) in [6, 6.07) is 5.77. The fourth-order valence-corrected chi connectivity index (χ4v) is 3.39. The van der Waals surface area contributed by atoms with Crippen LogP contribution in [0.3, 0.4) is 0 Å². The minimum atomic E-state index is 0.508. The Kier molecular flexibility index (Phi) is 9.37. The van der Waals surface area contributed by atoms with E-state index in [1.54, 1.807) is 14.2 Å². The molecule has 1 aliphatic heterocycles. The summed E-state index contributed by atoms with van der Waals surface area (Å²) >= 11 is 0. The van der Waals surface area contributed by atoms with Gasteiger partial charge in [0.1, 0.15) is 0 Å². The van der Waals surface area contributed by atoms with Crippen LogP contribution < -0.4 is 20.1 Å². The lowest BCUT2D eigenvalue weighted by atomic mass is 10.1. The van der Waals surface area contributed by atoms with Gasteiger partial charge < -0.3 is 29.9 Å². The van der Waals surface area contributed by atoms with Gasteiger partial charge in [0.2, 0.25) is 0 Å². The molecule has 0 spiro atoms. The summed E-state index contributed by atoms with van der Waals surface area (Å²) in [7, 11) is 3.28. The number of methoxy groups -OCH3 is 2. The highest BCUT2D eigenvalue weighted by Gasteiger charge is 2.17. The maximum absolute atomic E-state index is 5.38. The normalized spacial score (nSPS) is 17.2. The lowest BCUT2D eigenvalue weighted by molar-refractivity contribution is 0.125.